The second kappa shape index (κ2) is 16.8. The summed E-state index contributed by atoms with van der Waals surface area (Å²) < 4.78 is 6.60. The van der Waals surface area contributed by atoms with E-state index in [1.54, 1.807) is 0 Å². The summed E-state index contributed by atoms with van der Waals surface area (Å²) in [6.07, 6.45) is 0. The van der Waals surface area contributed by atoms with Gasteiger partial charge in [-0.2, -0.15) is 0 Å². The van der Waals surface area contributed by atoms with Crippen molar-refractivity contribution >= 4 is 49.8 Å². The van der Waals surface area contributed by atoms with Crippen LogP contribution >= 0.6 is 0 Å². The van der Waals surface area contributed by atoms with Crippen molar-refractivity contribution in [2.45, 2.75) is 0 Å². The zero-order valence-corrected chi connectivity index (χ0v) is 36.2. The van der Waals surface area contributed by atoms with Gasteiger partial charge in [0.15, 0.2) is 0 Å². The molecule has 0 aliphatic heterocycles. The summed E-state index contributed by atoms with van der Waals surface area (Å²) in [6, 6.07) is 94.0. The summed E-state index contributed by atoms with van der Waals surface area (Å²) in [5.41, 5.74) is 18.8. The molecule has 0 bridgehead atoms. The van der Waals surface area contributed by atoms with Crippen molar-refractivity contribution in [3.63, 3.8) is 0 Å². The number of para-hydroxylation sites is 3. The van der Waals surface area contributed by atoms with E-state index < -0.39 is 0 Å². The smallest absolute Gasteiger partial charge is 0.143 e. The lowest BCUT2D eigenvalue weighted by Gasteiger charge is -2.29. The molecule has 1 heterocycles. The third-order valence-corrected chi connectivity index (χ3v) is 12.9. The molecule has 0 atom stereocenters. The van der Waals surface area contributed by atoms with Crippen molar-refractivity contribution in [1.82, 2.24) is 0 Å². The molecule has 2 heteroatoms. The maximum Gasteiger partial charge on any atom is 0.143 e. The third kappa shape index (κ3) is 7.02. The summed E-state index contributed by atoms with van der Waals surface area (Å²) in [5, 5.41) is 4.68. The van der Waals surface area contributed by atoms with Gasteiger partial charge in [-0.15, -0.1) is 0 Å². The second-order valence-electron chi connectivity index (χ2n) is 16.8. The summed E-state index contributed by atoms with van der Waals surface area (Å²) in [7, 11) is 0. The van der Waals surface area contributed by atoms with E-state index in [9.17, 15) is 0 Å². The molecule has 0 amide bonds. The first kappa shape index (κ1) is 38.9. The van der Waals surface area contributed by atoms with Crippen molar-refractivity contribution in [2.75, 3.05) is 4.90 Å². The van der Waals surface area contributed by atoms with Gasteiger partial charge in [0, 0.05) is 33.3 Å². The van der Waals surface area contributed by atoms with Gasteiger partial charge in [0.1, 0.15) is 11.2 Å². The molecule has 0 fully saturated rings. The van der Waals surface area contributed by atoms with Crippen LogP contribution in [0.2, 0.25) is 0 Å². The minimum Gasteiger partial charge on any atom is -0.455 e. The van der Waals surface area contributed by atoms with Gasteiger partial charge in [0.25, 0.3) is 0 Å². The Morgan fingerprint density at radius 1 is 0.258 bits per heavy atom. The quantitative estimate of drug-likeness (QED) is 0.144. The Labute approximate surface area is 384 Å². The van der Waals surface area contributed by atoms with E-state index in [2.05, 4.69) is 260 Å². The van der Waals surface area contributed by atoms with Crippen molar-refractivity contribution in [2.24, 2.45) is 0 Å². The lowest BCUT2D eigenvalue weighted by atomic mass is 9.87. The highest BCUT2D eigenvalue weighted by molar-refractivity contribution is 6.10. The second-order valence-corrected chi connectivity index (χ2v) is 16.8. The van der Waals surface area contributed by atoms with Crippen LogP contribution in [0.3, 0.4) is 0 Å². The highest BCUT2D eigenvalue weighted by Gasteiger charge is 2.22. The third-order valence-electron chi connectivity index (χ3n) is 12.9. The van der Waals surface area contributed by atoms with Crippen LogP contribution in [0.5, 0.6) is 0 Å². The van der Waals surface area contributed by atoms with Crippen LogP contribution in [-0.2, 0) is 0 Å². The van der Waals surface area contributed by atoms with E-state index in [-0.39, 0.29) is 0 Å². The maximum atomic E-state index is 6.60. The van der Waals surface area contributed by atoms with E-state index in [0.29, 0.717) is 0 Å². The molecule has 1 aromatic heterocycles. The summed E-state index contributed by atoms with van der Waals surface area (Å²) in [4.78, 5) is 2.43. The van der Waals surface area contributed by atoms with E-state index >= 15 is 0 Å². The minimum atomic E-state index is 0.889. The van der Waals surface area contributed by atoms with Gasteiger partial charge < -0.3 is 9.32 Å². The number of nitrogens with zero attached hydrogens (tertiary/aromatic N) is 1. The van der Waals surface area contributed by atoms with Gasteiger partial charge in [-0.05, 0) is 109 Å². The van der Waals surface area contributed by atoms with Crippen molar-refractivity contribution < 1.29 is 4.42 Å². The monoisotopic (exact) mass is 841 g/mol. The van der Waals surface area contributed by atoms with Crippen LogP contribution in [0.15, 0.2) is 265 Å². The Morgan fingerprint density at radius 2 is 0.773 bits per heavy atom. The fourth-order valence-corrected chi connectivity index (χ4v) is 9.80. The predicted octanol–water partition coefficient (Wildman–Crippen LogP) is 18.2. The normalized spacial score (nSPS) is 11.3. The zero-order chi connectivity index (χ0) is 43.8. The summed E-state index contributed by atoms with van der Waals surface area (Å²) in [6.45, 7) is 0. The molecule has 11 aromatic carbocycles. The van der Waals surface area contributed by atoms with Crippen LogP contribution in [0.4, 0.5) is 17.1 Å². The number of hydrogen-bond donors (Lipinski definition) is 0. The molecule has 0 saturated carbocycles. The Bertz CT molecular complexity index is 3710. The Hall–Kier alpha value is -8.72. The molecule has 12 aromatic rings. The number of anilines is 3. The zero-order valence-electron chi connectivity index (χ0n) is 36.2. The number of benzene rings is 11. The van der Waals surface area contributed by atoms with Crippen molar-refractivity contribution in [3.05, 3.63) is 261 Å². The van der Waals surface area contributed by atoms with Crippen LogP contribution in [0.1, 0.15) is 0 Å². The molecule has 0 unspecified atom stereocenters. The Kier molecular flexibility index (Phi) is 9.89. The fourth-order valence-electron chi connectivity index (χ4n) is 9.80. The fraction of sp³-hybridized carbons (Fsp3) is 0. The molecule has 66 heavy (non-hydrogen) atoms. The molecule has 0 saturated heterocycles. The maximum absolute atomic E-state index is 6.60. The molecule has 0 aliphatic rings. The average molecular weight is 842 g/mol. The lowest BCUT2D eigenvalue weighted by Crippen LogP contribution is -2.11. The Balaban J connectivity index is 1.08. The van der Waals surface area contributed by atoms with Gasteiger partial charge in [-0.1, -0.05) is 218 Å². The molecule has 0 aliphatic carbocycles. The Morgan fingerprint density at radius 3 is 1.55 bits per heavy atom. The first-order valence-corrected chi connectivity index (χ1v) is 22.6. The molecule has 0 N–H and O–H groups in total. The van der Waals surface area contributed by atoms with Crippen LogP contribution in [-0.4, -0.2) is 0 Å². The van der Waals surface area contributed by atoms with Gasteiger partial charge >= 0.3 is 0 Å². The molecular formula is C64H43NO. The van der Waals surface area contributed by atoms with Crippen LogP contribution in [0, 0.1) is 0 Å². The SMILES string of the molecule is c1ccc(-c2ccc(-c3ccccc3)c(-c3ccccc3-c3ccccc3N(c3cccc(-c4cccc5ccccc45)c3)c3cccc(-c4cccc5c4oc4ccccc45)c3)c2)cc1. The van der Waals surface area contributed by atoms with Gasteiger partial charge in [-0.25, -0.2) is 0 Å². The molecule has 0 radical (unpaired) electrons. The molecule has 310 valence electrons. The first-order valence-electron chi connectivity index (χ1n) is 22.6. The predicted molar refractivity (Wildman–Crippen MR) is 279 cm³/mol. The minimum absolute atomic E-state index is 0.889. The van der Waals surface area contributed by atoms with E-state index in [0.717, 1.165) is 72.4 Å². The number of furan rings is 1. The van der Waals surface area contributed by atoms with Crippen molar-refractivity contribution in [1.29, 1.82) is 0 Å². The molecule has 0 spiro atoms. The van der Waals surface area contributed by atoms with Crippen LogP contribution in [0.25, 0.3) is 99.5 Å². The lowest BCUT2D eigenvalue weighted by molar-refractivity contribution is 0.670. The molecule has 2 nitrogen and oxygen atoms in total. The molecule has 12 rings (SSSR count). The van der Waals surface area contributed by atoms with E-state index in [4.69, 9.17) is 4.42 Å². The average Bonchev–Trinajstić information content (AvgIpc) is 3.78. The van der Waals surface area contributed by atoms with E-state index in [1.807, 2.05) is 6.07 Å². The topological polar surface area (TPSA) is 16.4 Å². The number of rotatable bonds is 9. The molecular weight excluding hydrogens is 799 g/mol. The van der Waals surface area contributed by atoms with Gasteiger partial charge in [0.2, 0.25) is 0 Å². The highest BCUT2D eigenvalue weighted by atomic mass is 16.3. The largest absolute Gasteiger partial charge is 0.455 e. The highest BCUT2D eigenvalue weighted by Crippen LogP contribution is 2.47. The van der Waals surface area contributed by atoms with Crippen molar-refractivity contribution in [3.8, 4) is 66.8 Å². The van der Waals surface area contributed by atoms with Gasteiger partial charge in [-0.3, -0.25) is 0 Å². The van der Waals surface area contributed by atoms with Crippen LogP contribution < -0.4 is 4.90 Å². The number of fused-ring (bicyclic) bond motifs is 4. The summed E-state index contributed by atoms with van der Waals surface area (Å²) >= 11 is 0. The summed E-state index contributed by atoms with van der Waals surface area (Å²) in [5.74, 6) is 0. The van der Waals surface area contributed by atoms with Gasteiger partial charge in [0.05, 0.1) is 5.69 Å². The standard InChI is InChI=1S/C64H43NO/c1-3-19-44(20-4-1)47-39-40-54(45-21-5-2-6-22-45)61(43-47)57-31-10-9-30-56(57)58-32-11-13-37-62(58)65(50-27-15-25-48(41-50)53-34-17-24-46-23-7-8-29-52(46)53)51-28-16-26-49(42-51)55-35-18-36-60-59-33-12-14-38-63(59)66-64(55)60/h1-43H. The van der Waals surface area contributed by atoms with E-state index in [1.165, 1.54) is 44.2 Å². The first-order chi connectivity index (χ1) is 32.7. The number of hydrogen-bond acceptors (Lipinski definition) is 2.